The Hall–Kier alpha value is -0.860. The van der Waals surface area contributed by atoms with Gasteiger partial charge in [-0.25, -0.2) is 0 Å². The van der Waals surface area contributed by atoms with Crippen LogP contribution in [0.4, 0.5) is 5.69 Å². The normalized spacial score (nSPS) is 25.7. The smallest absolute Gasteiger partial charge is 0.137 e. The van der Waals surface area contributed by atoms with Crippen molar-refractivity contribution >= 4 is 5.69 Å². The van der Waals surface area contributed by atoms with E-state index in [1.54, 1.807) is 4.90 Å². The standard InChI is InChI=1S/C14H21NO/c1-11-5-3-6-12(2)14(11)15-8-4-7-13(9-15)10-16/h3,5-6,13,16H,4,7-10H2,1-2H3/p+1. The molecule has 16 heavy (non-hydrogen) atoms. The summed E-state index contributed by atoms with van der Waals surface area (Å²) >= 11 is 0. The van der Waals surface area contributed by atoms with Crippen LogP contribution in [0.3, 0.4) is 0 Å². The van der Waals surface area contributed by atoms with Crippen LogP contribution in [-0.2, 0) is 0 Å². The molecular formula is C14H22NO+. The van der Waals surface area contributed by atoms with Crippen LogP contribution in [0.25, 0.3) is 0 Å². The summed E-state index contributed by atoms with van der Waals surface area (Å²) in [5.41, 5.74) is 4.22. The fourth-order valence-corrected chi connectivity index (χ4v) is 2.91. The lowest BCUT2D eigenvalue weighted by Crippen LogP contribution is -3.09. The molecular weight excluding hydrogens is 198 g/mol. The second-order valence-electron chi connectivity index (χ2n) is 5.02. The number of hydrogen-bond acceptors (Lipinski definition) is 1. The van der Waals surface area contributed by atoms with Crippen LogP contribution in [0, 0.1) is 19.8 Å². The van der Waals surface area contributed by atoms with E-state index in [1.165, 1.54) is 36.2 Å². The molecule has 0 aliphatic carbocycles. The SMILES string of the molecule is Cc1cccc(C)c1[NH+]1CCCC(CO)C1. The minimum absolute atomic E-state index is 0.342. The zero-order chi connectivity index (χ0) is 11.5. The third-order valence-electron chi connectivity index (χ3n) is 3.72. The van der Waals surface area contributed by atoms with Gasteiger partial charge in [-0.15, -0.1) is 0 Å². The highest BCUT2D eigenvalue weighted by atomic mass is 16.3. The van der Waals surface area contributed by atoms with E-state index in [0.717, 1.165) is 6.54 Å². The molecule has 2 unspecified atom stereocenters. The van der Waals surface area contributed by atoms with Crippen LogP contribution >= 0.6 is 0 Å². The molecule has 0 bridgehead atoms. The average molecular weight is 220 g/mol. The minimum Gasteiger partial charge on any atom is -0.396 e. The van der Waals surface area contributed by atoms with Gasteiger partial charge in [0.2, 0.25) is 0 Å². The minimum atomic E-state index is 0.342. The molecule has 1 aromatic rings. The molecule has 1 aliphatic heterocycles. The molecule has 1 heterocycles. The maximum absolute atomic E-state index is 9.28. The lowest BCUT2D eigenvalue weighted by atomic mass is 9.97. The molecule has 2 rings (SSSR count). The van der Waals surface area contributed by atoms with Crippen LogP contribution < -0.4 is 4.90 Å². The van der Waals surface area contributed by atoms with Crippen LogP contribution in [0.15, 0.2) is 18.2 Å². The molecule has 0 radical (unpaired) electrons. The Bertz CT molecular complexity index is 342. The van der Waals surface area contributed by atoms with Crippen molar-refractivity contribution in [3.05, 3.63) is 29.3 Å². The van der Waals surface area contributed by atoms with Crippen LogP contribution in [0.2, 0.25) is 0 Å². The monoisotopic (exact) mass is 220 g/mol. The van der Waals surface area contributed by atoms with Crippen molar-refractivity contribution in [1.82, 2.24) is 0 Å². The van der Waals surface area contributed by atoms with Crippen LogP contribution in [0.5, 0.6) is 0 Å². The number of benzene rings is 1. The van der Waals surface area contributed by atoms with E-state index in [0.29, 0.717) is 12.5 Å². The number of quaternary nitrogens is 1. The summed E-state index contributed by atoms with van der Waals surface area (Å²) in [6.45, 7) is 7.02. The topological polar surface area (TPSA) is 24.7 Å². The van der Waals surface area contributed by atoms with Gasteiger partial charge < -0.3 is 10.0 Å². The zero-order valence-corrected chi connectivity index (χ0v) is 10.3. The molecule has 0 spiro atoms. The highest BCUT2D eigenvalue weighted by Crippen LogP contribution is 2.17. The Kier molecular flexibility index (Phi) is 3.62. The van der Waals surface area contributed by atoms with Gasteiger partial charge in [-0.2, -0.15) is 0 Å². The predicted octanol–water partition coefficient (Wildman–Crippen LogP) is 1.22. The number of aliphatic hydroxyl groups excluding tert-OH is 1. The van der Waals surface area contributed by atoms with Crippen molar-refractivity contribution in [2.75, 3.05) is 19.7 Å². The number of nitrogens with one attached hydrogen (secondary N) is 1. The van der Waals surface area contributed by atoms with Gasteiger partial charge in [-0.3, -0.25) is 0 Å². The molecule has 1 aliphatic rings. The lowest BCUT2D eigenvalue weighted by molar-refractivity contribution is -0.843. The summed E-state index contributed by atoms with van der Waals surface area (Å²) < 4.78 is 0. The molecule has 0 saturated carbocycles. The molecule has 2 nitrogen and oxygen atoms in total. The van der Waals surface area contributed by atoms with E-state index in [4.69, 9.17) is 0 Å². The van der Waals surface area contributed by atoms with Gasteiger partial charge in [0.1, 0.15) is 5.69 Å². The van der Waals surface area contributed by atoms with E-state index in [1.807, 2.05) is 0 Å². The van der Waals surface area contributed by atoms with Crippen molar-refractivity contribution in [2.24, 2.45) is 5.92 Å². The Morgan fingerprint density at radius 3 is 2.62 bits per heavy atom. The Labute approximate surface area is 97.9 Å². The molecule has 2 heteroatoms. The summed E-state index contributed by atoms with van der Waals surface area (Å²) in [4.78, 5) is 1.56. The van der Waals surface area contributed by atoms with E-state index in [9.17, 15) is 5.11 Å². The molecule has 1 saturated heterocycles. The first-order valence-electron chi connectivity index (χ1n) is 6.24. The summed E-state index contributed by atoms with van der Waals surface area (Å²) in [5.74, 6) is 0.489. The van der Waals surface area contributed by atoms with Crippen molar-refractivity contribution in [3.63, 3.8) is 0 Å². The van der Waals surface area contributed by atoms with Crippen LogP contribution in [-0.4, -0.2) is 24.8 Å². The van der Waals surface area contributed by atoms with E-state index in [2.05, 4.69) is 32.0 Å². The number of rotatable bonds is 2. The van der Waals surface area contributed by atoms with Gasteiger partial charge in [0.05, 0.1) is 19.7 Å². The molecule has 1 fully saturated rings. The third-order valence-corrected chi connectivity index (χ3v) is 3.72. The number of piperidine rings is 1. The average Bonchev–Trinajstić information content (AvgIpc) is 2.29. The molecule has 1 aromatic carbocycles. The predicted molar refractivity (Wildman–Crippen MR) is 66.1 cm³/mol. The van der Waals surface area contributed by atoms with E-state index < -0.39 is 0 Å². The summed E-state index contributed by atoms with van der Waals surface area (Å²) in [6.07, 6.45) is 2.42. The summed E-state index contributed by atoms with van der Waals surface area (Å²) in [7, 11) is 0. The highest BCUT2D eigenvalue weighted by Gasteiger charge is 2.26. The highest BCUT2D eigenvalue weighted by molar-refractivity contribution is 5.45. The van der Waals surface area contributed by atoms with Gasteiger partial charge in [-0.05, 0) is 26.7 Å². The Morgan fingerprint density at radius 2 is 2.00 bits per heavy atom. The quantitative estimate of drug-likeness (QED) is 0.769. The van der Waals surface area contributed by atoms with Gasteiger partial charge in [-0.1, -0.05) is 18.2 Å². The first-order valence-corrected chi connectivity index (χ1v) is 6.24. The fourth-order valence-electron chi connectivity index (χ4n) is 2.91. The van der Waals surface area contributed by atoms with E-state index in [-0.39, 0.29) is 0 Å². The first kappa shape index (κ1) is 11.6. The number of hydrogen-bond donors (Lipinski definition) is 2. The molecule has 2 atom stereocenters. The maximum Gasteiger partial charge on any atom is 0.137 e. The zero-order valence-electron chi connectivity index (χ0n) is 10.3. The number of para-hydroxylation sites is 1. The third kappa shape index (κ3) is 2.28. The summed E-state index contributed by atoms with van der Waals surface area (Å²) in [6, 6.07) is 6.51. The lowest BCUT2D eigenvalue weighted by Gasteiger charge is -2.30. The Balaban J connectivity index is 2.23. The second kappa shape index (κ2) is 4.98. The molecule has 2 N–H and O–H groups in total. The van der Waals surface area contributed by atoms with Gasteiger partial charge >= 0.3 is 0 Å². The van der Waals surface area contributed by atoms with Crippen LogP contribution in [0.1, 0.15) is 24.0 Å². The second-order valence-corrected chi connectivity index (χ2v) is 5.02. The van der Waals surface area contributed by atoms with E-state index >= 15 is 0 Å². The fraction of sp³-hybridized carbons (Fsp3) is 0.571. The molecule has 0 amide bonds. The molecule has 0 aromatic heterocycles. The number of aliphatic hydroxyl groups is 1. The van der Waals surface area contributed by atoms with Crippen molar-refractivity contribution in [1.29, 1.82) is 0 Å². The summed E-state index contributed by atoms with van der Waals surface area (Å²) in [5, 5.41) is 9.28. The van der Waals surface area contributed by atoms with Gasteiger partial charge in [0.15, 0.2) is 0 Å². The van der Waals surface area contributed by atoms with Crippen molar-refractivity contribution < 1.29 is 10.0 Å². The largest absolute Gasteiger partial charge is 0.396 e. The van der Waals surface area contributed by atoms with Gasteiger partial charge in [0.25, 0.3) is 0 Å². The van der Waals surface area contributed by atoms with Crippen molar-refractivity contribution in [2.45, 2.75) is 26.7 Å². The Morgan fingerprint density at radius 1 is 1.31 bits per heavy atom. The number of aryl methyl sites for hydroxylation is 2. The maximum atomic E-state index is 9.28. The first-order chi connectivity index (χ1) is 7.72. The van der Waals surface area contributed by atoms with Gasteiger partial charge in [0, 0.05) is 17.0 Å². The molecule has 88 valence electrons. The van der Waals surface area contributed by atoms with Crippen molar-refractivity contribution in [3.8, 4) is 0 Å².